The first-order valence-electron chi connectivity index (χ1n) is 5.25. The molecule has 0 radical (unpaired) electrons. The van der Waals surface area contributed by atoms with Gasteiger partial charge in [-0.1, -0.05) is 13.8 Å². The summed E-state index contributed by atoms with van der Waals surface area (Å²) in [5.74, 6) is 0.0233. The quantitative estimate of drug-likeness (QED) is 0.856. The monoisotopic (exact) mass is 225 g/mol. The van der Waals surface area contributed by atoms with Gasteiger partial charge in [0, 0.05) is 11.8 Å². The van der Waals surface area contributed by atoms with E-state index in [-0.39, 0.29) is 5.92 Å². The van der Waals surface area contributed by atoms with Crippen molar-refractivity contribution >= 4 is 17.3 Å². The Labute approximate surface area is 93.2 Å². The molecule has 82 valence electrons. The topological polar surface area (TPSA) is 50.2 Å². The predicted molar refractivity (Wildman–Crippen MR) is 59.1 cm³/mol. The Kier molecular flexibility index (Phi) is 2.78. The molecule has 1 aromatic heterocycles. The van der Waals surface area contributed by atoms with E-state index >= 15 is 0 Å². The molecule has 3 nitrogen and oxygen atoms in total. The standard InChI is InChI=1S/C11H15NO2S/c1-6(2)9-5-15-10(12-9)4-7-3-8(7)11(13)14/h5-8H,3-4H2,1-2H3,(H,13,14). The Balaban J connectivity index is 1.92. The number of carboxylic acids is 1. The molecule has 2 rings (SSSR count). The van der Waals surface area contributed by atoms with Crippen molar-refractivity contribution in [3.63, 3.8) is 0 Å². The van der Waals surface area contributed by atoms with Crippen molar-refractivity contribution in [1.29, 1.82) is 0 Å². The highest BCUT2D eigenvalue weighted by molar-refractivity contribution is 7.09. The molecule has 2 atom stereocenters. The van der Waals surface area contributed by atoms with Gasteiger partial charge in [-0.25, -0.2) is 4.98 Å². The van der Waals surface area contributed by atoms with Crippen LogP contribution in [0.15, 0.2) is 5.38 Å². The number of rotatable bonds is 4. The third-order valence-electron chi connectivity index (χ3n) is 2.84. The zero-order valence-corrected chi connectivity index (χ0v) is 9.75. The van der Waals surface area contributed by atoms with Crippen LogP contribution in [0.25, 0.3) is 0 Å². The predicted octanol–water partition coefficient (Wildman–Crippen LogP) is 2.53. The fourth-order valence-corrected chi connectivity index (χ4v) is 2.73. The summed E-state index contributed by atoms with van der Waals surface area (Å²) in [6, 6.07) is 0. The maximum atomic E-state index is 10.7. The fraction of sp³-hybridized carbons (Fsp3) is 0.636. The molecule has 1 saturated carbocycles. The van der Waals surface area contributed by atoms with E-state index < -0.39 is 5.97 Å². The van der Waals surface area contributed by atoms with E-state index in [2.05, 4.69) is 24.2 Å². The van der Waals surface area contributed by atoms with Gasteiger partial charge in [-0.2, -0.15) is 0 Å². The van der Waals surface area contributed by atoms with Gasteiger partial charge in [0.05, 0.1) is 16.6 Å². The number of aliphatic carboxylic acids is 1. The number of carbonyl (C=O) groups is 1. The molecule has 0 amide bonds. The summed E-state index contributed by atoms with van der Waals surface area (Å²) in [6.45, 7) is 4.24. The largest absolute Gasteiger partial charge is 0.481 e. The van der Waals surface area contributed by atoms with Crippen molar-refractivity contribution in [2.45, 2.75) is 32.6 Å². The van der Waals surface area contributed by atoms with Crippen LogP contribution in [0.4, 0.5) is 0 Å². The van der Waals surface area contributed by atoms with E-state index in [9.17, 15) is 4.79 Å². The van der Waals surface area contributed by atoms with E-state index in [1.165, 1.54) is 0 Å². The number of hydrogen-bond donors (Lipinski definition) is 1. The first kappa shape index (κ1) is 10.6. The fourth-order valence-electron chi connectivity index (χ4n) is 1.68. The lowest BCUT2D eigenvalue weighted by molar-refractivity contribution is -0.138. The summed E-state index contributed by atoms with van der Waals surface area (Å²) in [5.41, 5.74) is 1.13. The molecular formula is C11H15NO2S. The minimum absolute atomic E-state index is 0.114. The number of aromatic nitrogens is 1. The van der Waals surface area contributed by atoms with Gasteiger partial charge in [-0.3, -0.25) is 4.79 Å². The second-order valence-corrected chi connectivity index (χ2v) is 5.41. The Hall–Kier alpha value is -0.900. The second-order valence-electron chi connectivity index (χ2n) is 4.47. The van der Waals surface area contributed by atoms with Gasteiger partial charge in [0.1, 0.15) is 0 Å². The molecule has 1 N–H and O–H groups in total. The summed E-state index contributed by atoms with van der Waals surface area (Å²) < 4.78 is 0. The minimum atomic E-state index is -0.652. The van der Waals surface area contributed by atoms with Gasteiger partial charge in [0.15, 0.2) is 0 Å². The highest BCUT2D eigenvalue weighted by Crippen LogP contribution is 2.41. The average molecular weight is 225 g/mol. The molecule has 4 heteroatoms. The summed E-state index contributed by atoms with van der Waals surface area (Å²) in [6.07, 6.45) is 1.67. The van der Waals surface area contributed by atoms with Crippen molar-refractivity contribution in [1.82, 2.24) is 4.98 Å². The van der Waals surface area contributed by atoms with Crippen molar-refractivity contribution < 1.29 is 9.90 Å². The van der Waals surface area contributed by atoms with Crippen LogP contribution < -0.4 is 0 Å². The molecule has 15 heavy (non-hydrogen) atoms. The van der Waals surface area contributed by atoms with Crippen molar-refractivity contribution in [3.8, 4) is 0 Å². The zero-order valence-electron chi connectivity index (χ0n) is 8.93. The van der Waals surface area contributed by atoms with Crippen LogP contribution in [0.1, 0.15) is 36.9 Å². The molecule has 0 saturated heterocycles. The van der Waals surface area contributed by atoms with E-state index in [1.54, 1.807) is 11.3 Å². The number of carboxylic acid groups (broad SMARTS) is 1. The average Bonchev–Trinajstić information content (AvgIpc) is 2.73. The molecule has 1 aliphatic carbocycles. The van der Waals surface area contributed by atoms with E-state index in [4.69, 9.17) is 5.11 Å². The Morgan fingerprint density at radius 1 is 1.73 bits per heavy atom. The maximum absolute atomic E-state index is 10.7. The van der Waals surface area contributed by atoms with Crippen molar-refractivity contribution in [2.24, 2.45) is 11.8 Å². The third kappa shape index (κ3) is 2.37. The van der Waals surface area contributed by atoms with Crippen molar-refractivity contribution in [2.75, 3.05) is 0 Å². The lowest BCUT2D eigenvalue weighted by Crippen LogP contribution is -2.01. The summed E-state index contributed by atoms with van der Waals surface area (Å²) >= 11 is 1.66. The Morgan fingerprint density at radius 3 is 2.93 bits per heavy atom. The number of nitrogens with zero attached hydrogens (tertiary/aromatic N) is 1. The molecule has 1 fully saturated rings. The van der Waals surface area contributed by atoms with Crippen LogP contribution in [0.3, 0.4) is 0 Å². The molecular weight excluding hydrogens is 210 g/mol. The summed E-state index contributed by atoms with van der Waals surface area (Å²) in [4.78, 5) is 15.2. The molecule has 0 aliphatic heterocycles. The van der Waals surface area contributed by atoms with Crippen LogP contribution in [-0.4, -0.2) is 16.1 Å². The number of thiazole rings is 1. The van der Waals surface area contributed by atoms with Gasteiger partial charge < -0.3 is 5.11 Å². The van der Waals surface area contributed by atoms with Crippen LogP contribution in [-0.2, 0) is 11.2 Å². The molecule has 1 aliphatic rings. The highest BCUT2D eigenvalue weighted by atomic mass is 32.1. The third-order valence-corrected chi connectivity index (χ3v) is 3.73. The van der Waals surface area contributed by atoms with Crippen LogP contribution >= 0.6 is 11.3 Å². The van der Waals surface area contributed by atoms with E-state index in [1.807, 2.05) is 0 Å². The first-order valence-corrected chi connectivity index (χ1v) is 6.13. The van der Waals surface area contributed by atoms with Crippen molar-refractivity contribution in [3.05, 3.63) is 16.1 Å². The lowest BCUT2D eigenvalue weighted by atomic mass is 10.2. The van der Waals surface area contributed by atoms with Crippen LogP contribution in [0.2, 0.25) is 0 Å². The zero-order chi connectivity index (χ0) is 11.0. The number of hydrogen-bond acceptors (Lipinski definition) is 3. The molecule has 1 heterocycles. The SMILES string of the molecule is CC(C)c1csc(CC2CC2C(=O)O)n1. The Bertz CT molecular complexity index is 372. The van der Waals surface area contributed by atoms with Gasteiger partial charge in [0.2, 0.25) is 0 Å². The maximum Gasteiger partial charge on any atom is 0.306 e. The summed E-state index contributed by atoms with van der Waals surface area (Å²) in [7, 11) is 0. The molecule has 1 aromatic rings. The summed E-state index contributed by atoms with van der Waals surface area (Å²) in [5, 5.41) is 11.9. The van der Waals surface area contributed by atoms with Gasteiger partial charge >= 0.3 is 5.97 Å². The first-order chi connectivity index (χ1) is 7.08. The minimum Gasteiger partial charge on any atom is -0.481 e. The molecule has 0 bridgehead atoms. The van der Waals surface area contributed by atoms with E-state index in [0.717, 1.165) is 23.5 Å². The van der Waals surface area contributed by atoms with Gasteiger partial charge in [-0.05, 0) is 18.3 Å². The molecule has 0 aromatic carbocycles. The van der Waals surface area contributed by atoms with Gasteiger partial charge in [0.25, 0.3) is 0 Å². The highest BCUT2D eigenvalue weighted by Gasteiger charge is 2.43. The normalized spacial score (nSPS) is 24.5. The second kappa shape index (κ2) is 3.93. The smallest absolute Gasteiger partial charge is 0.306 e. The molecule has 2 unspecified atom stereocenters. The lowest BCUT2D eigenvalue weighted by Gasteiger charge is -1.97. The van der Waals surface area contributed by atoms with Crippen LogP contribution in [0, 0.1) is 11.8 Å². The molecule has 0 spiro atoms. The van der Waals surface area contributed by atoms with E-state index in [0.29, 0.717) is 11.8 Å². The van der Waals surface area contributed by atoms with Gasteiger partial charge in [-0.15, -0.1) is 11.3 Å². The Morgan fingerprint density at radius 2 is 2.47 bits per heavy atom. The van der Waals surface area contributed by atoms with Crippen LogP contribution in [0.5, 0.6) is 0 Å².